The first-order valence-electron chi connectivity index (χ1n) is 48.3. The van der Waals surface area contributed by atoms with Crippen molar-refractivity contribution < 1.29 is 8.78 Å². The molecule has 143 heavy (non-hydrogen) atoms. The van der Waals surface area contributed by atoms with Gasteiger partial charge in [-0.3, -0.25) is 0 Å². The lowest BCUT2D eigenvalue weighted by atomic mass is 9.97. The third-order valence-electron chi connectivity index (χ3n) is 29.2. The van der Waals surface area contributed by atoms with E-state index in [1.807, 2.05) is 24.3 Å². The second-order valence-electron chi connectivity index (χ2n) is 37.1. The van der Waals surface area contributed by atoms with Crippen molar-refractivity contribution in [2.45, 2.75) is 0 Å². The van der Waals surface area contributed by atoms with E-state index in [1.165, 1.54) is 90.8 Å². The van der Waals surface area contributed by atoms with E-state index >= 15 is 0 Å². The largest absolute Gasteiger partial charge is 0.309 e. The number of anilines is 3. The monoisotopic (exact) mass is 1850 g/mol. The molecule has 6 aromatic heterocycles. The van der Waals surface area contributed by atoms with E-state index in [-0.39, 0.29) is 11.6 Å². The standard InChI is InChI=1S/C132H82F2N8S/c133-100-51-65-107(66-52-100)141-122-25-13-9-21-112(122)116-71-47-98(81-129(116)141)91-39-55-102(56-40-91)137(103-57-41-92(42-58-103)99-48-72-117-113-22-10-14-26-123(113)142(130(117)82-99)108-67-53-101(134)54-68-108)126-76-73-109(131-132(126)136-143-135-131)93-43-63-104(64-44-93)138-124-74-49-94(87-27-31-89(32-28-87)96-45-69-114-110-19-7-11-23-120(110)139(127(114)79-96)105-59-35-85(36-60-105)83-15-3-1-4-16-83)77-118(124)119-78-95(50-75-125(119)138)88-29-33-90(34-30-88)97-46-70-115-111-20-8-12-24-121(111)140(128(115)80-97)106-61-37-86(38-62-106)84-17-5-2-6-18-84/h1-82H. The third kappa shape index (κ3) is 14.0. The third-order valence-corrected chi connectivity index (χ3v) is 29.7. The number of hydrogen-bond acceptors (Lipinski definition) is 4. The van der Waals surface area contributed by atoms with Crippen molar-refractivity contribution in [2.75, 3.05) is 4.90 Å². The molecule has 0 spiro atoms. The second kappa shape index (κ2) is 33.6. The molecule has 22 aromatic carbocycles. The first kappa shape index (κ1) is 82.6. The van der Waals surface area contributed by atoms with Gasteiger partial charge in [0.25, 0.3) is 0 Å². The van der Waals surface area contributed by atoms with Gasteiger partial charge < -0.3 is 27.7 Å². The molecule has 0 unspecified atom stereocenters. The molecule has 28 rings (SSSR count). The lowest BCUT2D eigenvalue weighted by Gasteiger charge is -2.26. The van der Waals surface area contributed by atoms with Gasteiger partial charge in [-0.2, -0.15) is 8.75 Å². The molecule has 0 radical (unpaired) electrons. The van der Waals surface area contributed by atoms with Crippen molar-refractivity contribution in [3.8, 4) is 129 Å². The van der Waals surface area contributed by atoms with Crippen LogP contribution < -0.4 is 4.90 Å². The summed E-state index contributed by atoms with van der Waals surface area (Å²) >= 11 is 1.22. The van der Waals surface area contributed by atoms with Gasteiger partial charge in [-0.05, 0) is 289 Å². The van der Waals surface area contributed by atoms with Crippen molar-refractivity contribution >= 4 is 149 Å². The summed E-state index contributed by atoms with van der Waals surface area (Å²) in [7, 11) is 0. The van der Waals surface area contributed by atoms with Gasteiger partial charge in [-0.1, -0.05) is 303 Å². The van der Waals surface area contributed by atoms with Crippen molar-refractivity contribution in [1.29, 1.82) is 0 Å². The molecule has 0 atom stereocenters. The molecule has 0 bridgehead atoms. The molecule has 28 aromatic rings. The Balaban J connectivity index is 0.536. The molecule has 0 aliphatic heterocycles. The van der Waals surface area contributed by atoms with Crippen LogP contribution >= 0.6 is 11.7 Å². The van der Waals surface area contributed by atoms with Crippen LogP contribution in [0.3, 0.4) is 0 Å². The normalized spacial score (nSPS) is 11.8. The Morgan fingerprint density at radius 2 is 0.399 bits per heavy atom. The average molecular weight is 1850 g/mol. The van der Waals surface area contributed by atoms with E-state index in [0.29, 0.717) is 0 Å². The Kier molecular flexibility index (Phi) is 19.4. The number of halogens is 2. The van der Waals surface area contributed by atoms with E-state index < -0.39 is 0 Å². The molecular formula is C132H82F2N8S. The predicted octanol–water partition coefficient (Wildman–Crippen LogP) is 35.9. The van der Waals surface area contributed by atoms with Gasteiger partial charge in [0.2, 0.25) is 0 Å². The molecule has 11 heteroatoms. The van der Waals surface area contributed by atoms with Crippen LogP contribution in [0.25, 0.3) is 249 Å². The molecule has 0 aliphatic carbocycles. The maximum absolute atomic E-state index is 14.5. The molecule has 0 saturated heterocycles. The van der Waals surface area contributed by atoms with Crippen molar-refractivity contribution in [3.63, 3.8) is 0 Å². The molecule has 8 nitrogen and oxygen atoms in total. The summed E-state index contributed by atoms with van der Waals surface area (Å²) in [6, 6.07) is 177. The zero-order chi connectivity index (χ0) is 94.4. The highest BCUT2D eigenvalue weighted by molar-refractivity contribution is 7.00. The Hall–Kier alpha value is -18.7. The zero-order valence-electron chi connectivity index (χ0n) is 77.1. The summed E-state index contributed by atoms with van der Waals surface area (Å²) in [5.41, 5.74) is 40.3. The second-order valence-corrected chi connectivity index (χ2v) is 37.7. The number of rotatable bonds is 17. The molecule has 670 valence electrons. The van der Waals surface area contributed by atoms with Crippen molar-refractivity contribution in [3.05, 3.63) is 509 Å². The van der Waals surface area contributed by atoms with Crippen LogP contribution in [0, 0.1) is 11.6 Å². The number of aromatic nitrogens is 7. The van der Waals surface area contributed by atoms with Crippen LogP contribution in [-0.4, -0.2) is 31.6 Å². The van der Waals surface area contributed by atoms with E-state index in [2.05, 4.69) is 477 Å². The fourth-order valence-electron chi connectivity index (χ4n) is 22.2. The lowest BCUT2D eigenvalue weighted by Crippen LogP contribution is -2.10. The Morgan fingerprint density at radius 1 is 0.168 bits per heavy atom. The highest BCUT2D eigenvalue weighted by atomic mass is 32.1. The molecular weight excluding hydrogens is 1770 g/mol. The summed E-state index contributed by atoms with van der Waals surface area (Å²) in [4.78, 5) is 2.29. The predicted molar refractivity (Wildman–Crippen MR) is 593 cm³/mol. The van der Waals surface area contributed by atoms with Gasteiger partial charge in [0, 0.05) is 99.2 Å². The fraction of sp³-hybridized carbons (Fsp3) is 0. The number of hydrogen-bond donors (Lipinski definition) is 0. The van der Waals surface area contributed by atoms with Crippen LogP contribution in [0.1, 0.15) is 0 Å². The molecule has 0 aliphatic rings. The minimum absolute atomic E-state index is 0.278. The molecule has 0 amide bonds. The first-order valence-corrected chi connectivity index (χ1v) is 49.1. The summed E-state index contributed by atoms with van der Waals surface area (Å²) < 4.78 is 51.2. The highest BCUT2D eigenvalue weighted by Crippen LogP contribution is 2.48. The maximum Gasteiger partial charge on any atom is 0.129 e. The fourth-order valence-corrected chi connectivity index (χ4v) is 22.8. The van der Waals surface area contributed by atoms with Crippen LogP contribution in [0.5, 0.6) is 0 Å². The SMILES string of the molecule is Fc1ccc(-n2c3ccccc3c3ccc(-c4ccc(N(c5ccc(-c6ccc7c8ccccc8n(-c8ccc(F)cc8)c7c6)cc5)c5ccc(-c6ccc(-n7c8ccc(-c9ccc(-c%10ccc%11c%12ccccc%12n(-c%12ccc(-c%13ccccc%13)cc%12)c%11c%10)cc9)cc8c8cc(-c9ccc(-c%10ccc%11c%12ccccc%12n(-c%12ccc(-c%13ccccc%13)cc%12)c%11c%10)cc9)ccc87)cc6)c6nsnc56)cc4)cc32)cc1. The molecule has 6 heterocycles. The topological polar surface area (TPSA) is 53.7 Å². The number of benzene rings is 22. The summed E-state index contributed by atoms with van der Waals surface area (Å²) in [5, 5.41) is 11.6. The Morgan fingerprint density at radius 3 is 0.734 bits per heavy atom. The molecule has 0 N–H and O–H groups in total. The molecule has 0 fully saturated rings. The van der Waals surface area contributed by atoms with Gasteiger partial charge in [-0.25, -0.2) is 8.78 Å². The van der Waals surface area contributed by atoms with Gasteiger partial charge in [0.05, 0.1) is 72.6 Å². The van der Waals surface area contributed by atoms with Gasteiger partial charge in [0.1, 0.15) is 22.7 Å². The van der Waals surface area contributed by atoms with Gasteiger partial charge >= 0.3 is 0 Å². The van der Waals surface area contributed by atoms with E-state index in [1.54, 1.807) is 0 Å². The Bertz CT molecular complexity index is 9410. The van der Waals surface area contributed by atoms with Crippen LogP contribution in [0.4, 0.5) is 25.8 Å². The smallest absolute Gasteiger partial charge is 0.129 e. The van der Waals surface area contributed by atoms with E-state index in [4.69, 9.17) is 8.75 Å². The lowest BCUT2D eigenvalue weighted by molar-refractivity contribution is 0.627. The highest BCUT2D eigenvalue weighted by Gasteiger charge is 2.26. The Labute approximate surface area is 825 Å². The van der Waals surface area contributed by atoms with Crippen molar-refractivity contribution in [1.82, 2.24) is 31.6 Å². The van der Waals surface area contributed by atoms with Gasteiger partial charge in [-0.15, -0.1) is 0 Å². The maximum atomic E-state index is 14.5. The van der Waals surface area contributed by atoms with Crippen LogP contribution in [0.15, 0.2) is 497 Å². The van der Waals surface area contributed by atoms with Crippen LogP contribution in [-0.2, 0) is 0 Å². The number of nitrogens with zero attached hydrogens (tertiary/aromatic N) is 8. The number of para-hydroxylation sites is 4. The summed E-state index contributed by atoms with van der Waals surface area (Å²) in [6.07, 6.45) is 0. The van der Waals surface area contributed by atoms with E-state index in [0.717, 1.165) is 211 Å². The zero-order valence-corrected chi connectivity index (χ0v) is 77.9. The first-order chi connectivity index (χ1) is 70.7. The van der Waals surface area contributed by atoms with Crippen molar-refractivity contribution in [2.24, 2.45) is 0 Å². The number of fused-ring (bicyclic) bond motifs is 16. The summed E-state index contributed by atoms with van der Waals surface area (Å²) in [6.45, 7) is 0. The quantitative estimate of drug-likeness (QED) is 0.0913. The van der Waals surface area contributed by atoms with Crippen LogP contribution in [0.2, 0.25) is 0 Å². The summed E-state index contributed by atoms with van der Waals surface area (Å²) in [5.74, 6) is -0.556. The van der Waals surface area contributed by atoms with Gasteiger partial charge in [0.15, 0.2) is 0 Å². The average Bonchev–Trinajstić information content (AvgIpc) is 1.65. The van der Waals surface area contributed by atoms with E-state index in [9.17, 15) is 8.78 Å². The minimum Gasteiger partial charge on any atom is -0.309 e. The minimum atomic E-state index is -0.278. The molecule has 0 saturated carbocycles.